The number of hydrogen-bond donors (Lipinski definition) is 0. The smallest absolute Gasteiger partial charge is 0.309 e. The SMILES string of the molecule is CCCOc1ccc(COC(=O)C2CCN(c3nc4ccccc4o3)CC2)cc1OC. The summed E-state index contributed by atoms with van der Waals surface area (Å²) in [7, 11) is 1.61. The molecule has 0 N–H and O–H groups in total. The second-order valence-electron chi connectivity index (χ2n) is 7.67. The Labute approximate surface area is 181 Å². The van der Waals surface area contributed by atoms with Crippen LogP contribution in [0.3, 0.4) is 0 Å². The molecule has 1 fully saturated rings. The zero-order valence-corrected chi connectivity index (χ0v) is 18.0. The van der Waals surface area contributed by atoms with Gasteiger partial charge in [-0.1, -0.05) is 25.1 Å². The van der Waals surface area contributed by atoms with Crippen molar-refractivity contribution >= 4 is 23.1 Å². The Bertz CT molecular complexity index is 991. The molecule has 2 heterocycles. The lowest BCUT2D eigenvalue weighted by Gasteiger charge is -2.29. The molecule has 164 valence electrons. The summed E-state index contributed by atoms with van der Waals surface area (Å²) in [4.78, 5) is 19.2. The van der Waals surface area contributed by atoms with Crippen LogP contribution >= 0.6 is 0 Å². The van der Waals surface area contributed by atoms with Gasteiger partial charge in [-0.25, -0.2) is 0 Å². The minimum Gasteiger partial charge on any atom is -0.493 e. The van der Waals surface area contributed by atoms with Crippen molar-refractivity contribution < 1.29 is 23.4 Å². The molecule has 0 saturated carbocycles. The minimum absolute atomic E-state index is 0.116. The molecule has 0 bridgehead atoms. The molecule has 0 unspecified atom stereocenters. The number of carbonyl (C=O) groups is 1. The van der Waals surface area contributed by atoms with E-state index in [0.29, 0.717) is 50.1 Å². The normalized spacial score (nSPS) is 14.6. The Morgan fingerprint density at radius 3 is 2.71 bits per heavy atom. The molecule has 1 saturated heterocycles. The van der Waals surface area contributed by atoms with E-state index in [-0.39, 0.29) is 18.5 Å². The summed E-state index contributed by atoms with van der Waals surface area (Å²) in [6.07, 6.45) is 2.35. The molecule has 0 radical (unpaired) electrons. The number of hydrogen-bond acceptors (Lipinski definition) is 7. The Morgan fingerprint density at radius 1 is 1.16 bits per heavy atom. The fraction of sp³-hybridized carbons (Fsp3) is 0.417. The van der Waals surface area contributed by atoms with E-state index in [4.69, 9.17) is 18.6 Å². The first-order valence-corrected chi connectivity index (χ1v) is 10.7. The van der Waals surface area contributed by atoms with Crippen molar-refractivity contribution in [2.24, 2.45) is 5.92 Å². The lowest BCUT2D eigenvalue weighted by molar-refractivity contribution is -0.150. The van der Waals surface area contributed by atoms with Crippen LogP contribution in [0.1, 0.15) is 31.7 Å². The van der Waals surface area contributed by atoms with E-state index in [1.165, 1.54) is 0 Å². The van der Waals surface area contributed by atoms with Crippen LogP contribution in [-0.2, 0) is 16.1 Å². The summed E-state index contributed by atoms with van der Waals surface area (Å²) in [6.45, 7) is 4.33. The van der Waals surface area contributed by atoms with Crippen molar-refractivity contribution in [1.82, 2.24) is 4.98 Å². The molecule has 0 aliphatic carbocycles. The quantitative estimate of drug-likeness (QED) is 0.490. The summed E-state index contributed by atoms with van der Waals surface area (Å²) < 4.78 is 22.5. The van der Waals surface area contributed by atoms with Crippen molar-refractivity contribution in [2.75, 3.05) is 31.7 Å². The van der Waals surface area contributed by atoms with Gasteiger partial charge in [-0.2, -0.15) is 4.98 Å². The average molecular weight is 424 g/mol. The molecule has 0 spiro atoms. The molecule has 1 aliphatic heterocycles. The predicted octanol–water partition coefficient (Wildman–Crippen LogP) is 4.59. The third-order valence-corrected chi connectivity index (χ3v) is 5.45. The van der Waals surface area contributed by atoms with Crippen LogP contribution in [0, 0.1) is 5.92 Å². The van der Waals surface area contributed by atoms with Gasteiger partial charge < -0.3 is 23.5 Å². The van der Waals surface area contributed by atoms with E-state index in [0.717, 1.165) is 23.1 Å². The molecule has 0 atom stereocenters. The van der Waals surface area contributed by atoms with E-state index in [1.54, 1.807) is 7.11 Å². The number of carbonyl (C=O) groups excluding carboxylic acids is 1. The summed E-state index contributed by atoms with van der Waals surface area (Å²) in [5.74, 6) is 1.07. The number of para-hydroxylation sites is 2. The highest BCUT2D eigenvalue weighted by molar-refractivity contribution is 5.75. The number of anilines is 1. The van der Waals surface area contributed by atoms with Crippen molar-refractivity contribution in [1.29, 1.82) is 0 Å². The Hall–Kier alpha value is -3.22. The van der Waals surface area contributed by atoms with Gasteiger partial charge in [0.1, 0.15) is 12.1 Å². The highest BCUT2D eigenvalue weighted by Gasteiger charge is 2.28. The maximum absolute atomic E-state index is 12.6. The van der Waals surface area contributed by atoms with E-state index in [2.05, 4.69) is 16.8 Å². The largest absolute Gasteiger partial charge is 0.493 e. The van der Waals surface area contributed by atoms with Gasteiger partial charge in [0.25, 0.3) is 6.01 Å². The van der Waals surface area contributed by atoms with Gasteiger partial charge in [-0.3, -0.25) is 4.79 Å². The number of rotatable bonds is 8. The monoisotopic (exact) mass is 424 g/mol. The zero-order chi connectivity index (χ0) is 21.6. The number of ether oxygens (including phenoxy) is 3. The van der Waals surface area contributed by atoms with E-state index in [1.807, 2.05) is 42.5 Å². The van der Waals surface area contributed by atoms with Gasteiger partial charge in [0, 0.05) is 13.1 Å². The van der Waals surface area contributed by atoms with Crippen molar-refractivity contribution in [3.63, 3.8) is 0 Å². The second kappa shape index (κ2) is 9.73. The predicted molar refractivity (Wildman–Crippen MR) is 118 cm³/mol. The van der Waals surface area contributed by atoms with Crippen molar-refractivity contribution in [3.8, 4) is 11.5 Å². The highest BCUT2D eigenvalue weighted by atomic mass is 16.5. The molecule has 7 heteroatoms. The molecule has 4 rings (SSSR count). The third kappa shape index (κ3) is 4.93. The molecule has 2 aromatic carbocycles. The van der Waals surface area contributed by atoms with E-state index < -0.39 is 0 Å². The summed E-state index contributed by atoms with van der Waals surface area (Å²) in [6, 6.07) is 13.9. The zero-order valence-electron chi connectivity index (χ0n) is 18.0. The van der Waals surface area contributed by atoms with Crippen LogP contribution in [0.5, 0.6) is 11.5 Å². The molecule has 0 amide bonds. The number of benzene rings is 2. The molecule has 1 aromatic heterocycles. The lowest BCUT2D eigenvalue weighted by Crippen LogP contribution is -2.37. The summed E-state index contributed by atoms with van der Waals surface area (Å²) in [5.41, 5.74) is 2.50. The van der Waals surface area contributed by atoms with Gasteiger partial charge in [-0.15, -0.1) is 0 Å². The maximum Gasteiger partial charge on any atom is 0.309 e. The van der Waals surface area contributed by atoms with Crippen LogP contribution in [0.4, 0.5) is 6.01 Å². The first-order valence-electron chi connectivity index (χ1n) is 10.7. The number of esters is 1. The first kappa shape index (κ1) is 21.0. The van der Waals surface area contributed by atoms with Gasteiger partial charge in [0.05, 0.1) is 19.6 Å². The average Bonchev–Trinajstić information content (AvgIpc) is 3.26. The lowest BCUT2D eigenvalue weighted by atomic mass is 9.97. The fourth-order valence-corrected chi connectivity index (χ4v) is 3.71. The number of nitrogens with zero attached hydrogens (tertiary/aromatic N) is 2. The summed E-state index contributed by atoms with van der Waals surface area (Å²) in [5, 5.41) is 0. The standard InChI is InChI=1S/C24H28N2O5/c1-3-14-29-21-9-8-17(15-22(21)28-2)16-30-23(27)18-10-12-26(13-11-18)24-25-19-6-4-5-7-20(19)31-24/h4-9,15,18H,3,10-14,16H2,1-2H3. The molecule has 31 heavy (non-hydrogen) atoms. The van der Waals surface area contributed by atoms with Gasteiger partial charge >= 0.3 is 5.97 Å². The molecular weight excluding hydrogens is 396 g/mol. The van der Waals surface area contributed by atoms with Gasteiger partial charge in [0.2, 0.25) is 0 Å². The topological polar surface area (TPSA) is 74.0 Å². The second-order valence-corrected chi connectivity index (χ2v) is 7.67. The minimum atomic E-state index is -0.164. The van der Waals surface area contributed by atoms with E-state index >= 15 is 0 Å². The van der Waals surface area contributed by atoms with Crippen molar-refractivity contribution in [3.05, 3.63) is 48.0 Å². The first-order chi connectivity index (χ1) is 15.2. The van der Waals surface area contributed by atoms with Crippen LogP contribution in [-0.4, -0.2) is 37.8 Å². The Balaban J connectivity index is 1.29. The molecule has 3 aromatic rings. The van der Waals surface area contributed by atoms with Crippen LogP contribution in [0.25, 0.3) is 11.1 Å². The molecule has 7 nitrogen and oxygen atoms in total. The Morgan fingerprint density at radius 2 is 1.97 bits per heavy atom. The number of aromatic nitrogens is 1. The van der Waals surface area contributed by atoms with Crippen molar-refractivity contribution in [2.45, 2.75) is 32.8 Å². The van der Waals surface area contributed by atoms with Crippen LogP contribution in [0.2, 0.25) is 0 Å². The fourth-order valence-electron chi connectivity index (χ4n) is 3.71. The van der Waals surface area contributed by atoms with Crippen LogP contribution in [0.15, 0.2) is 46.9 Å². The highest BCUT2D eigenvalue weighted by Crippen LogP contribution is 2.30. The number of piperidine rings is 1. The van der Waals surface area contributed by atoms with E-state index in [9.17, 15) is 4.79 Å². The number of fused-ring (bicyclic) bond motifs is 1. The van der Waals surface area contributed by atoms with Crippen LogP contribution < -0.4 is 14.4 Å². The van der Waals surface area contributed by atoms with Gasteiger partial charge in [-0.05, 0) is 49.1 Å². The number of oxazole rings is 1. The molecular formula is C24H28N2O5. The number of methoxy groups -OCH3 is 1. The Kier molecular flexibility index (Phi) is 6.60. The maximum atomic E-state index is 12.6. The third-order valence-electron chi connectivity index (χ3n) is 5.45. The van der Waals surface area contributed by atoms with Gasteiger partial charge in [0.15, 0.2) is 17.1 Å². The molecule has 1 aliphatic rings. The summed E-state index contributed by atoms with van der Waals surface area (Å²) >= 11 is 0.